The summed E-state index contributed by atoms with van der Waals surface area (Å²) in [6, 6.07) is 10.7. The normalized spacial score (nSPS) is 24.1. The molecule has 1 aromatic carbocycles. The van der Waals surface area contributed by atoms with Gasteiger partial charge in [0, 0.05) is 17.5 Å². The highest BCUT2D eigenvalue weighted by Gasteiger charge is 2.22. The van der Waals surface area contributed by atoms with E-state index in [-0.39, 0.29) is 0 Å². The van der Waals surface area contributed by atoms with Crippen LogP contribution < -0.4 is 5.32 Å². The van der Waals surface area contributed by atoms with Crippen molar-refractivity contribution in [3.8, 4) is 11.4 Å². The minimum Gasteiger partial charge on any atom is -0.314 e. The smallest absolute Gasteiger partial charge is 0.181 e. The van der Waals surface area contributed by atoms with E-state index in [9.17, 15) is 0 Å². The average molecular weight is 242 g/mol. The number of aromatic amines is 1. The van der Waals surface area contributed by atoms with Crippen LogP contribution in [0.25, 0.3) is 11.4 Å². The van der Waals surface area contributed by atoms with Gasteiger partial charge in [-0.2, -0.15) is 5.10 Å². The summed E-state index contributed by atoms with van der Waals surface area (Å²) in [6.45, 7) is 3.29. The largest absolute Gasteiger partial charge is 0.314 e. The Morgan fingerprint density at radius 1 is 1.22 bits per heavy atom. The van der Waals surface area contributed by atoms with Crippen LogP contribution in [-0.4, -0.2) is 27.8 Å². The van der Waals surface area contributed by atoms with Crippen LogP contribution in [0, 0.1) is 0 Å². The average Bonchev–Trinajstić information content (AvgIpc) is 2.89. The van der Waals surface area contributed by atoms with Gasteiger partial charge in [0.05, 0.1) is 0 Å². The Balaban J connectivity index is 1.81. The first-order valence-corrected chi connectivity index (χ1v) is 6.54. The summed E-state index contributed by atoms with van der Waals surface area (Å²) in [4.78, 5) is 4.64. The van der Waals surface area contributed by atoms with Gasteiger partial charge in [-0.25, -0.2) is 4.98 Å². The first-order valence-electron chi connectivity index (χ1n) is 6.54. The van der Waals surface area contributed by atoms with Crippen molar-refractivity contribution in [1.29, 1.82) is 0 Å². The Hall–Kier alpha value is -1.68. The van der Waals surface area contributed by atoms with Gasteiger partial charge >= 0.3 is 0 Å². The third-order valence-electron chi connectivity index (χ3n) is 3.55. The molecule has 3 rings (SSSR count). The lowest BCUT2D eigenvalue weighted by Gasteiger charge is -2.26. The van der Waals surface area contributed by atoms with Gasteiger partial charge in [-0.3, -0.25) is 5.10 Å². The molecule has 18 heavy (non-hydrogen) atoms. The maximum absolute atomic E-state index is 4.64. The molecule has 2 N–H and O–H groups in total. The Morgan fingerprint density at radius 2 is 2.06 bits per heavy atom. The predicted molar refractivity (Wildman–Crippen MR) is 71.3 cm³/mol. The second-order valence-corrected chi connectivity index (χ2v) is 4.99. The topological polar surface area (TPSA) is 53.6 Å². The molecule has 1 fully saturated rings. The summed E-state index contributed by atoms with van der Waals surface area (Å²) in [5, 5.41) is 10.9. The molecule has 0 spiro atoms. The number of rotatable bonds is 2. The molecule has 2 atom stereocenters. The van der Waals surface area contributed by atoms with Crippen molar-refractivity contribution in [2.75, 3.05) is 6.54 Å². The third-order valence-corrected chi connectivity index (χ3v) is 3.55. The van der Waals surface area contributed by atoms with Gasteiger partial charge in [-0.1, -0.05) is 30.3 Å². The third kappa shape index (κ3) is 2.29. The molecule has 0 aliphatic carbocycles. The predicted octanol–water partition coefficient (Wildman–Crippen LogP) is 2.33. The van der Waals surface area contributed by atoms with Crippen molar-refractivity contribution in [2.45, 2.75) is 31.7 Å². The van der Waals surface area contributed by atoms with E-state index in [1.807, 2.05) is 30.3 Å². The molecule has 0 saturated carbocycles. The van der Waals surface area contributed by atoms with E-state index < -0.39 is 0 Å². The Kier molecular flexibility index (Phi) is 3.11. The molecule has 0 bridgehead atoms. The van der Waals surface area contributed by atoms with E-state index in [4.69, 9.17) is 0 Å². The van der Waals surface area contributed by atoms with Crippen molar-refractivity contribution >= 4 is 0 Å². The standard InChI is InChI=1S/C14H18N4/c1-10-9-12(7-8-15-10)14-16-13(17-18-14)11-5-3-2-4-6-11/h2-6,10,12,15H,7-9H2,1H3,(H,16,17,18). The number of nitrogens with one attached hydrogen (secondary N) is 2. The summed E-state index contributed by atoms with van der Waals surface area (Å²) in [7, 11) is 0. The van der Waals surface area contributed by atoms with Crippen LogP contribution in [0.1, 0.15) is 31.5 Å². The van der Waals surface area contributed by atoms with Crippen LogP contribution in [0.4, 0.5) is 0 Å². The zero-order chi connectivity index (χ0) is 12.4. The molecule has 1 aromatic heterocycles. The molecule has 1 aliphatic heterocycles. The fraction of sp³-hybridized carbons (Fsp3) is 0.429. The summed E-state index contributed by atoms with van der Waals surface area (Å²) >= 11 is 0. The van der Waals surface area contributed by atoms with Crippen molar-refractivity contribution in [1.82, 2.24) is 20.5 Å². The number of hydrogen-bond donors (Lipinski definition) is 2. The van der Waals surface area contributed by atoms with Crippen LogP contribution in [0.3, 0.4) is 0 Å². The maximum Gasteiger partial charge on any atom is 0.181 e. The fourth-order valence-electron chi connectivity index (χ4n) is 2.55. The van der Waals surface area contributed by atoms with E-state index in [0.29, 0.717) is 12.0 Å². The molecule has 2 aromatic rings. The zero-order valence-corrected chi connectivity index (χ0v) is 10.6. The van der Waals surface area contributed by atoms with E-state index >= 15 is 0 Å². The molecule has 4 nitrogen and oxygen atoms in total. The highest BCUT2D eigenvalue weighted by Crippen LogP contribution is 2.26. The van der Waals surface area contributed by atoms with E-state index in [1.165, 1.54) is 0 Å². The van der Waals surface area contributed by atoms with Gasteiger partial charge in [0.15, 0.2) is 5.82 Å². The SMILES string of the molecule is CC1CC(c2nc(-c3ccccc3)n[nH]2)CCN1. The quantitative estimate of drug-likeness (QED) is 0.849. The summed E-state index contributed by atoms with van der Waals surface area (Å²) in [6.07, 6.45) is 2.26. The zero-order valence-electron chi connectivity index (χ0n) is 10.6. The summed E-state index contributed by atoms with van der Waals surface area (Å²) in [5.74, 6) is 2.34. The summed E-state index contributed by atoms with van der Waals surface area (Å²) < 4.78 is 0. The van der Waals surface area contributed by atoms with Gasteiger partial charge in [0.25, 0.3) is 0 Å². The molecule has 94 valence electrons. The van der Waals surface area contributed by atoms with Gasteiger partial charge in [-0.05, 0) is 26.3 Å². The fourth-order valence-corrected chi connectivity index (χ4v) is 2.55. The number of benzene rings is 1. The van der Waals surface area contributed by atoms with Crippen LogP contribution >= 0.6 is 0 Å². The van der Waals surface area contributed by atoms with Gasteiger partial charge < -0.3 is 5.32 Å². The number of nitrogens with zero attached hydrogens (tertiary/aromatic N) is 2. The Morgan fingerprint density at radius 3 is 2.83 bits per heavy atom. The second kappa shape index (κ2) is 4.90. The first-order chi connectivity index (χ1) is 8.83. The highest BCUT2D eigenvalue weighted by atomic mass is 15.2. The van der Waals surface area contributed by atoms with Gasteiger partial charge in [-0.15, -0.1) is 0 Å². The number of hydrogen-bond acceptors (Lipinski definition) is 3. The number of aromatic nitrogens is 3. The molecular weight excluding hydrogens is 224 g/mol. The monoisotopic (exact) mass is 242 g/mol. The molecular formula is C14H18N4. The van der Waals surface area contributed by atoms with E-state index in [1.54, 1.807) is 0 Å². The van der Waals surface area contributed by atoms with Crippen LogP contribution in [0.2, 0.25) is 0 Å². The van der Waals surface area contributed by atoms with E-state index in [2.05, 4.69) is 27.4 Å². The van der Waals surface area contributed by atoms with Crippen molar-refractivity contribution in [3.63, 3.8) is 0 Å². The maximum atomic E-state index is 4.64. The Labute approximate surface area is 107 Å². The van der Waals surface area contributed by atoms with Crippen LogP contribution in [-0.2, 0) is 0 Å². The number of piperidine rings is 1. The molecule has 4 heteroatoms. The molecule has 0 amide bonds. The van der Waals surface area contributed by atoms with Crippen molar-refractivity contribution < 1.29 is 0 Å². The lowest BCUT2D eigenvalue weighted by Crippen LogP contribution is -2.35. The second-order valence-electron chi connectivity index (χ2n) is 4.99. The van der Waals surface area contributed by atoms with Crippen molar-refractivity contribution in [2.24, 2.45) is 0 Å². The molecule has 0 radical (unpaired) electrons. The molecule has 2 heterocycles. The molecule has 2 unspecified atom stereocenters. The van der Waals surface area contributed by atoms with Crippen molar-refractivity contribution in [3.05, 3.63) is 36.2 Å². The Bertz CT molecular complexity index is 506. The minimum absolute atomic E-state index is 0.506. The molecule has 1 saturated heterocycles. The lowest BCUT2D eigenvalue weighted by molar-refractivity contribution is 0.372. The number of H-pyrrole nitrogens is 1. The minimum atomic E-state index is 0.506. The molecule has 1 aliphatic rings. The van der Waals surface area contributed by atoms with E-state index in [0.717, 1.165) is 36.6 Å². The van der Waals surface area contributed by atoms with Gasteiger partial charge in [0.1, 0.15) is 5.82 Å². The highest BCUT2D eigenvalue weighted by molar-refractivity contribution is 5.53. The summed E-state index contributed by atoms with van der Waals surface area (Å²) in [5.41, 5.74) is 1.07. The van der Waals surface area contributed by atoms with Gasteiger partial charge in [0.2, 0.25) is 0 Å². The first kappa shape index (κ1) is 11.4. The van der Waals surface area contributed by atoms with Crippen LogP contribution in [0.15, 0.2) is 30.3 Å². The lowest BCUT2D eigenvalue weighted by atomic mass is 9.93. The van der Waals surface area contributed by atoms with Crippen LogP contribution in [0.5, 0.6) is 0 Å².